The molecule has 1 fully saturated rings. The van der Waals surface area contributed by atoms with Crippen molar-refractivity contribution in [1.82, 2.24) is 4.90 Å². The first-order valence-corrected chi connectivity index (χ1v) is 10.7. The van der Waals surface area contributed by atoms with Gasteiger partial charge in [0.2, 0.25) is 0 Å². The summed E-state index contributed by atoms with van der Waals surface area (Å²) in [6, 6.07) is 14.2. The van der Waals surface area contributed by atoms with E-state index in [4.69, 9.17) is 4.74 Å². The molecular weight excluding hydrogens is 354 g/mol. The highest BCUT2D eigenvalue weighted by Gasteiger charge is 2.11. The number of piperidine rings is 1. The lowest BCUT2D eigenvalue weighted by Gasteiger charge is -2.26. The largest absolute Gasteiger partial charge is 0.508 e. The van der Waals surface area contributed by atoms with Gasteiger partial charge in [-0.25, -0.2) is 0 Å². The summed E-state index contributed by atoms with van der Waals surface area (Å²) < 4.78 is 7.09. The summed E-state index contributed by atoms with van der Waals surface area (Å²) >= 11 is 1.75. The van der Waals surface area contributed by atoms with Crippen LogP contribution in [0.4, 0.5) is 0 Å². The molecule has 1 aliphatic heterocycles. The van der Waals surface area contributed by atoms with Crippen molar-refractivity contribution in [2.75, 3.05) is 26.2 Å². The first-order valence-electron chi connectivity index (χ1n) is 9.84. The Kier molecular flexibility index (Phi) is 5.65. The zero-order chi connectivity index (χ0) is 18.6. The standard InChI is InChI=1S/C23H27NO2S/c1-17-22(21-10-7-19(25)16-23(21)27-17)15-18-5-8-20(9-6-18)26-14-13-24-11-3-2-4-12-24/h5-10,16,25H,2-4,11-15H2,1H3. The molecule has 0 unspecified atom stereocenters. The van der Waals surface area contributed by atoms with Gasteiger partial charge in [-0.2, -0.15) is 0 Å². The van der Waals surface area contributed by atoms with Gasteiger partial charge in [0.05, 0.1) is 0 Å². The molecule has 0 saturated carbocycles. The van der Waals surface area contributed by atoms with E-state index in [0.717, 1.165) is 30.0 Å². The van der Waals surface area contributed by atoms with E-state index >= 15 is 0 Å². The molecule has 2 aromatic carbocycles. The van der Waals surface area contributed by atoms with Gasteiger partial charge in [0.25, 0.3) is 0 Å². The molecule has 0 aliphatic carbocycles. The van der Waals surface area contributed by atoms with Crippen LogP contribution in [0.25, 0.3) is 10.1 Å². The summed E-state index contributed by atoms with van der Waals surface area (Å²) in [5, 5.41) is 10.9. The molecule has 3 aromatic rings. The minimum absolute atomic E-state index is 0.335. The molecule has 1 aliphatic rings. The Labute approximate surface area is 165 Å². The lowest BCUT2D eigenvalue weighted by molar-refractivity contribution is 0.183. The third kappa shape index (κ3) is 4.45. The predicted octanol–water partition coefficient (Wildman–Crippen LogP) is 5.37. The number of likely N-dealkylation sites (tertiary alicyclic amines) is 1. The summed E-state index contributed by atoms with van der Waals surface area (Å²) in [4.78, 5) is 3.82. The molecule has 0 radical (unpaired) electrons. The number of phenols is 1. The number of aromatic hydroxyl groups is 1. The maximum atomic E-state index is 9.69. The highest BCUT2D eigenvalue weighted by atomic mass is 32.1. The zero-order valence-electron chi connectivity index (χ0n) is 15.9. The molecule has 1 aromatic heterocycles. The number of rotatable bonds is 6. The quantitative estimate of drug-likeness (QED) is 0.623. The Morgan fingerprint density at radius 3 is 2.59 bits per heavy atom. The SMILES string of the molecule is Cc1sc2cc(O)ccc2c1Cc1ccc(OCCN2CCCCC2)cc1. The Bertz CT molecular complexity index is 895. The van der Waals surface area contributed by atoms with Gasteiger partial charge in [-0.05, 0) is 86.1 Å². The van der Waals surface area contributed by atoms with E-state index in [1.807, 2.05) is 12.1 Å². The van der Waals surface area contributed by atoms with E-state index in [1.54, 1.807) is 17.4 Å². The Hall–Kier alpha value is -2.04. The molecule has 2 heterocycles. The number of aryl methyl sites for hydroxylation is 1. The van der Waals surface area contributed by atoms with Gasteiger partial charge in [-0.1, -0.05) is 18.6 Å². The lowest BCUT2D eigenvalue weighted by Crippen LogP contribution is -2.33. The number of thiophene rings is 1. The van der Waals surface area contributed by atoms with Gasteiger partial charge < -0.3 is 9.84 Å². The van der Waals surface area contributed by atoms with Crippen LogP contribution >= 0.6 is 11.3 Å². The van der Waals surface area contributed by atoms with Gasteiger partial charge in [-0.15, -0.1) is 11.3 Å². The van der Waals surface area contributed by atoms with Crippen LogP contribution in [0.2, 0.25) is 0 Å². The van der Waals surface area contributed by atoms with Crippen molar-refractivity contribution in [3.8, 4) is 11.5 Å². The summed E-state index contributed by atoms with van der Waals surface area (Å²) in [5.74, 6) is 1.29. The van der Waals surface area contributed by atoms with Gasteiger partial charge >= 0.3 is 0 Å². The second-order valence-electron chi connectivity index (χ2n) is 7.39. The molecule has 0 spiro atoms. The predicted molar refractivity (Wildman–Crippen MR) is 113 cm³/mol. The van der Waals surface area contributed by atoms with Crippen LogP contribution in [-0.2, 0) is 6.42 Å². The topological polar surface area (TPSA) is 32.7 Å². The van der Waals surface area contributed by atoms with Gasteiger partial charge in [0, 0.05) is 16.1 Å². The van der Waals surface area contributed by atoms with Gasteiger partial charge in [-0.3, -0.25) is 4.90 Å². The molecule has 142 valence electrons. The van der Waals surface area contributed by atoms with Crippen molar-refractivity contribution in [2.45, 2.75) is 32.6 Å². The van der Waals surface area contributed by atoms with E-state index in [9.17, 15) is 5.11 Å². The number of fused-ring (bicyclic) bond motifs is 1. The summed E-state index contributed by atoms with van der Waals surface area (Å²) in [6.07, 6.45) is 4.93. The number of phenolic OH excluding ortho intramolecular Hbond substituents is 1. The van der Waals surface area contributed by atoms with E-state index < -0.39 is 0 Å². The fraction of sp³-hybridized carbons (Fsp3) is 0.391. The summed E-state index contributed by atoms with van der Waals surface area (Å²) in [7, 11) is 0. The molecule has 1 N–H and O–H groups in total. The van der Waals surface area contributed by atoms with Crippen molar-refractivity contribution in [1.29, 1.82) is 0 Å². The number of benzene rings is 2. The first kappa shape index (κ1) is 18.3. The van der Waals surface area contributed by atoms with Crippen LogP contribution in [0, 0.1) is 6.92 Å². The van der Waals surface area contributed by atoms with E-state index in [2.05, 4.69) is 36.1 Å². The summed E-state index contributed by atoms with van der Waals surface area (Å²) in [5.41, 5.74) is 2.64. The Morgan fingerprint density at radius 2 is 1.81 bits per heavy atom. The monoisotopic (exact) mass is 381 g/mol. The average molecular weight is 382 g/mol. The van der Waals surface area contributed by atoms with Crippen LogP contribution in [0.1, 0.15) is 35.3 Å². The molecular formula is C23H27NO2S. The average Bonchev–Trinajstić information content (AvgIpc) is 2.98. The Balaban J connectivity index is 1.37. The second kappa shape index (κ2) is 8.32. The van der Waals surface area contributed by atoms with E-state index in [-0.39, 0.29) is 0 Å². The number of hydrogen-bond acceptors (Lipinski definition) is 4. The van der Waals surface area contributed by atoms with E-state index in [1.165, 1.54) is 53.7 Å². The highest BCUT2D eigenvalue weighted by molar-refractivity contribution is 7.19. The number of nitrogens with zero attached hydrogens (tertiary/aromatic N) is 1. The maximum Gasteiger partial charge on any atom is 0.119 e. The maximum absolute atomic E-state index is 9.69. The second-order valence-corrected chi connectivity index (χ2v) is 8.65. The normalized spacial score (nSPS) is 15.3. The molecule has 0 bridgehead atoms. The Morgan fingerprint density at radius 1 is 1.04 bits per heavy atom. The third-order valence-corrected chi connectivity index (χ3v) is 6.52. The van der Waals surface area contributed by atoms with Crippen LogP contribution in [-0.4, -0.2) is 36.2 Å². The smallest absolute Gasteiger partial charge is 0.119 e. The van der Waals surface area contributed by atoms with Crippen LogP contribution in [0.15, 0.2) is 42.5 Å². The van der Waals surface area contributed by atoms with Crippen molar-refractivity contribution in [3.05, 3.63) is 58.5 Å². The molecule has 27 heavy (non-hydrogen) atoms. The van der Waals surface area contributed by atoms with Gasteiger partial charge in [0.1, 0.15) is 18.1 Å². The van der Waals surface area contributed by atoms with Crippen molar-refractivity contribution >= 4 is 21.4 Å². The minimum Gasteiger partial charge on any atom is -0.508 e. The molecule has 3 nitrogen and oxygen atoms in total. The zero-order valence-corrected chi connectivity index (χ0v) is 16.7. The highest BCUT2D eigenvalue weighted by Crippen LogP contribution is 2.34. The van der Waals surface area contributed by atoms with Gasteiger partial charge in [0.15, 0.2) is 0 Å². The fourth-order valence-electron chi connectivity index (χ4n) is 3.86. The van der Waals surface area contributed by atoms with Crippen molar-refractivity contribution < 1.29 is 9.84 Å². The first-order chi connectivity index (χ1) is 13.2. The van der Waals surface area contributed by atoms with Crippen LogP contribution < -0.4 is 4.74 Å². The lowest BCUT2D eigenvalue weighted by atomic mass is 10.0. The molecule has 0 amide bonds. The number of hydrogen-bond donors (Lipinski definition) is 1. The molecule has 4 rings (SSSR count). The molecule has 4 heteroatoms. The van der Waals surface area contributed by atoms with E-state index in [0.29, 0.717) is 5.75 Å². The third-order valence-electron chi connectivity index (χ3n) is 5.41. The molecule has 1 saturated heterocycles. The number of ether oxygens (including phenoxy) is 1. The van der Waals surface area contributed by atoms with Crippen LogP contribution in [0.3, 0.4) is 0 Å². The minimum atomic E-state index is 0.335. The summed E-state index contributed by atoms with van der Waals surface area (Å²) in [6.45, 7) is 6.38. The van der Waals surface area contributed by atoms with Crippen LogP contribution in [0.5, 0.6) is 11.5 Å². The van der Waals surface area contributed by atoms with Crippen molar-refractivity contribution in [3.63, 3.8) is 0 Å². The van der Waals surface area contributed by atoms with Crippen molar-refractivity contribution in [2.24, 2.45) is 0 Å². The fourth-order valence-corrected chi connectivity index (χ4v) is 4.98. The molecule has 0 atom stereocenters.